The van der Waals surface area contributed by atoms with Gasteiger partial charge in [-0.25, -0.2) is 4.79 Å². The molecule has 7 nitrogen and oxygen atoms in total. The molecule has 0 radical (unpaired) electrons. The largest absolute Gasteiger partial charge is 0.481 e. The number of rotatable bonds is 9. The van der Waals surface area contributed by atoms with Gasteiger partial charge >= 0.3 is 12.0 Å². The van der Waals surface area contributed by atoms with Gasteiger partial charge in [-0.3, -0.25) is 14.5 Å². The van der Waals surface area contributed by atoms with Crippen LogP contribution >= 0.6 is 12.6 Å². The number of amides is 3. The summed E-state index contributed by atoms with van der Waals surface area (Å²) in [6.07, 6.45) is 6.12. The highest BCUT2D eigenvalue weighted by Crippen LogP contribution is 2.33. The summed E-state index contributed by atoms with van der Waals surface area (Å²) in [4.78, 5) is 38.9. The van der Waals surface area contributed by atoms with E-state index in [1.165, 1.54) is 37.7 Å². The van der Waals surface area contributed by atoms with Crippen molar-refractivity contribution in [2.75, 3.05) is 16.8 Å². The number of urea groups is 1. The van der Waals surface area contributed by atoms with Gasteiger partial charge in [-0.1, -0.05) is 43.5 Å². The quantitative estimate of drug-likeness (QED) is 0.238. The average molecular weight is 532 g/mol. The van der Waals surface area contributed by atoms with Gasteiger partial charge in [0.2, 0.25) is 0 Å². The van der Waals surface area contributed by atoms with E-state index in [0.29, 0.717) is 23.7 Å². The Hall–Kier alpha value is -3.78. The van der Waals surface area contributed by atoms with Gasteiger partial charge in [0, 0.05) is 28.4 Å². The number of nitrogens with zero attached hydrogens (tertiary/aromatic N) is 1. The van der Waals surface area contributed by atoms with Gasteiger partial charge in [-0.2, -0.15) is 0 Å². The van der Waals surface area contributed by atoms with Crippen LogP contribution in [0.3, 0.4) is 0 Å². The van der Waals surface area contributed by atoms with Gasteiger partial charge < -0.3 is 15.7 Å². The highest BCUT2D eigenvalue weighted by molar-refractivity contribution is 7.80. The lowest BCUT2D eigenvalue weighted by atomic mass is 9.84. The zero-order valence-electron chi connectivity index (χ0n) is 21.2. The number of anilines is 2. The number of carboxylic acid groups (broad SMARTS) is 1. The van der Waals surface area contributed by atoms with Gasteiger partial charge in [0.25, 0.3) is 5.91 Å². The lowest BCUT2D eigenvalue weighted by Crippen LogP contribution is -2.34. The Bertz CT molecular complexity index is 1240. The normalized spacial score (nSPS) is 13.5. The standard InChI is InChI=1S/C30H33N3O4S/c34-28(35)18-19-31-29(36)24-8-6-21(7-9-24)20-33(30(37)32-25-12-16-27(38)17-13-25)26-14-10-23(11-15-26)22-4-2-1-3-5-22/h6-17,22,38H,1-5,18-20H2,(H,31,36)(H,32,37)(H,34,35). The molecule has 4 rings (SSSR count). The monoisotopic (exact) mass is 531 g/mol. The Morgan fingerprint density at radius 2 is 1.53 bits per heavy atom. The maximum Gasteiger partial charge on any atom is 0.326 e. The second-order valence-corrected chi connectivity index (χ2v) is 10.1. The first-order valence-electron chi connectivity index (χ1n) is 13.0. The Morgan fingerprint density at radius 1 is 0.868 bits per heavy atom. The fourth-order valence-electron chi connectivity index (χ4n) is 4.71. The molecule has 0 bridgehead atoms. The van der Waals surface area contributed by atoms with E-state index in [2.05, 4.69) is 35.4 Å². The zero-order chi connectivity index (χ0) is 26.9. The summed E-state index contributed by atoms with van der Waals surface area (Å²) in [5.41, 5.74) is 4.05. The molecule has 0 heterocycles. The maximum atomic E-state index is 13.4. The molecule has 8 heteroatoms. The second kappa shape index (κ2) is 13.1. The number of carbonyl (C=O) groups is 3. The first-order chi connectivity index (χ1) is 18.4. The first-order valence-corrected chi connectivity index (χ1v) is 13.4. The third kappa shape index (κ3) is 7.61. The molecule has 0 aromatic heterocycles. The number of thiol groups is 1. The van der Waals surface area contributed by atoms with Crippen LogP contribution < -0.4 is 15.5 Å². The molecule has 1 aliphatic rings. The van der Waals surface area contributed by atoms with E-state index >= 15 is 0 Å². The molecule has 3 aromatic carbocycles. The molecule has 0 saturated heterocycles. The fourth-order valence-corrected chi connectivity index (χ4v) is 4.86. The van der Waals surface area contributed by atoms with Crippen molar-refractivity contribution in [3.05, 3.63) is 89.5 Å². The molecule has 38 heavy (non-hydrogen) atoms. The van der Waals surface area contributed by atoms with Crippen molar-refractivity contribution in [3.8, 4) is 0 Å². The Balaban J connectivity index is 1.50. The molecule has 0 atom stereocenters. The smallest absolute Gasteiger partial charge is 0.326 e. The summed E-state index contributed by atoms with van der Waals surface area (Å²) in [5.74, 6) is -0.722. The van der Waals surface area contributed by atoms with Crippen LogP contribution in [0, 0.1) is 0 Å². The number of hydrogen-bond acceptors (Lipinski definition) is 4. The number of hydrogen-bond donors (Lipinski definition) is 4. The fraction of sp³-hybridized carbons (Fsp3) is 0.300. The predicted octanol–water partition coefficient (Wildman–Crippen LogP) is 6.47. The molecule has 3 aromatic rings. The van der Waals surface area contributed by atoms with Crippen LogP contribution in [0.15, 0.2) is 77.7 Å². The number of carboxylic acids is 1. The third-order valence-corrected chi connectivity index (χ3v) is 7.12. The first kappa shape index (κ1) is 27.3. The minimum atomic E-state index is -0.965. The van der Waals surface area contributed by atoms with E-state index in [0.717, 1.165) is 16.1 Å². The molecule has 1 saturated carbocycles. The number of benzene rings is 3. The third-order valence-electron chi connectivity index (χ3n) is 6.83. The van der Waals surface area contributed by atoms with Gasteiger partial charge in [0.05, 0.1) is 13.0 Å². The lowest BCUT2D eigenvalue weighted by Gasteiger charge is -2.26. The molecule has 0 unspecified atom stereocenters. The molecular formula is C30H33N3O4S. The number of nitrogens with one attached hydrogen (secondary N) is 2. The Labute approximate surface area is 228 Å². The van der Waals surface area contributed by atoms with E-state index < -0.39 is 5.97 Å². The average Bonchev–Trinajstić information content (AvgIpc) is 2.93. The highest BCUT2D eigenvalue weighted by Gasteiger charge is 2.19. The Kier molecular flexibility index (Phi) is 9.43. The summed E-state index contributed by atoms with van der Waals surface area (Å²) in [7, 11) is 0. The van der Waals surface area contributed by atoms with Gasteiger partial charge in [0.15, 0.2) is 0 Å². The molecule has 0 aliphatic heterocycles. The SMILES string of the molecule is O=C(O)CCNC(=O)c1ccc(CN(C(=O)Nc2ccc(S)cc2)c2ccc(C3CCCCC3)cc2)cc1. The van der Waals surface area contributed by atoms with Crippen LogP contribution in [-0.4, -0.2) is 29.6 Å². The van der Waals surface area contributed by atoms with Gasteiger partial charge in [0.1, 0.15) is 0 Å². The molecular weight excluding hydrogens is 498 g/mol. The van der Waals surface area contributed by atoms with Crippen LogP contribution in [0.4, 0.5) is 16.2 Å². The number of aliphatic carboxylic acids is 1. The van der Waals surface area contributed by atoms with E-state index in [1.54, 1.807) is 29.2 Å². The van der Waals surface area contributed by atoms with Crippen LogP contribution in [0.5, 0.6) is 0 Å². The molecule has 0 spiro atoms. The van der Waals surface area contributed by atoms with Crippen LogP contribution in [-0.2, 0) is 11.3 Å². The van der Waals surface area contributed by atoms with Crippen molar-refractivity contribution < 1.29 is 19.5 Å². The lowest BCUT2D eigenvalue weighted by molar-refractivity contribution is -0.136. The highest BCUT2D eigenvalue weighted by atomic mass is 32.1. The summed E-state index contributed by atoms with van der Waals surface area (Å²) >= 11 is 4.31. The molecule has 1 fully saturated rings. The van der Waals surface area contributed by atoms with Crippen molar-refractivity contribution in [3.63, 3.8) is 0 Å². The zero-order valence-corrected chi connectivity index (χ0v) is 22.1. The molecule has 1 aliphatic carbocycles. The minimum absolute atomic E-state index is 0.0644. The molecule has 3 amide bonds. The van der Waals surface area contributed by atoms with Crippen molar-refractivity contribution in [1.82, 2.24) is 5.32 Å². The molecule has 3 N–H and O–H groups in total. The topological polar surface area (TPSA) is 98.7 Å². The van der Waals surface area contributed by atoms with E-state index in [4.69, 9.17) is 5.11 Å². The summed E-state index contributed by atoms with van der Waals surface area (Å²) in [6.45, 7) is 0.370. The number of carbonyl (C=O) groups excluding carboxylic acids is 2. The molecule has 198 valence electrons. The maximum absolute atomic E-state index is 13.4. The van der Waals surface area contributed by atoms with Crippen molar-refractivity contribution >= 4 is 41.9 Å². The Morgan fingerprint density at radius 3 is 2.16 bits per heavy atom. The summed E-state index contributed by atoms with van der Waals surface area (Å²) < 4.78 is 0. The predicted molar refractivity (Wildman–Crippen MR) is 152 cm³/mol. The van der Waals surface area contributed by atoms with Gasteiger partial charge in [-0.15, -0.1) is 12.6 Å². The van der Waals surface area contributed by atoms with Crippen molar-refractivity contribution in [2.45, 2.75) is 55.9 Å². The van der Waals surface area contributed by atoms with Crippen LogP contribution in [0.1, 0.15) is 65.9 Å². The van der Waals surface area contributed by atoms with Crippen LogP contribution in [0.2, 0.25) is 0 Å². The van der Waals surface area contributed by atoms with Crippen molar-refractivity contribution in [2.24, 2.45) is 0 Å². The second-order valence-electron chi connectivity index (χ2n) is 9.59. The van der Waals surface area contributed by atoms with Gasteiger partial charge in [-0.05, 0) is 78.4 Å². The van der Waals surface area contributed by atoms with Crippen molar-refractivity contribution in [1.29, 1.82) is 0 Å². The van der Waals surface area contributed by atoms with E-state index in [9.17, 15) is 14.4 Å². The van der Waals surface area contributed by atoms with E-state index in [1.807, 2.05) is 36.4 Å². The summed E-state index contributed by atoms with van der Waals surface area (Å²) in [6, 6.07) is 22.2. The van der Waals surface area contributed by atoms with E-state index in [-0.39, 0.29) is 24.9 Å². The van der Waals surface area contributed by atoms with Crippen LogP contribution in [0.25, 0.3) is 0 Å². The summed E-state index contributed by atoms with van der Waals surface area (Å²) in [5, 5.41) is 14.3. The minimum Gasteiger partial charge on any atom is -0.481 e.